The van der Waals surface area contributed by atoms with E-state index in [0.717, 1.165) is 99.0 Å². The van der Waals surface area contributed by atoms with Gasteiger partial charge in [0.1, 0.15) is 11.2 Å². The second kappa shape index (κ2) is 13.3. The molecule has 0 N–H and O–H groups in total. The Morgan fingerprint density at radius 3 is 1.16 bits per heavy atom. The van der Waals surface area contributed by atoms with Crippen molar-refractivity contribution >= 4 is 87.4 Å². The summed E-state index contributed by atoms with van der Waals surface area (Å²) < 4.78 is 13.3. The van der Waals surface area contributed by atoms with Crippen LogP contribution in [0, 0.1) is 0 Å². The monoisotopic (exact) mass is 818 g/mol. The van der Waals surface area contributed by atoms with Crippen LogP contribution in [0.15, 0.2) is 211 Å². The largest absolute Gasteiger partial charge is 0.456 e. The summed E-state index contributed by atoms with van der Waals surface area (Å²) in [5.41, 5.74) is 11.7. The molecule has 0 saturated carbocycles. The number of fused-ring (bicyclic) bond motifs is 12. The molecule has 14 aromatic rings. The van der Waals surface area contributed by atoms with Gasteiger partial charge in [0.25, 0.3) is 0 Å². The zero-order chi connectivity index (χ0) is 41.9. The van der Waals surface area contributed by atoms with Gasteiger partial charge in [0.2, 0.25) is 11.9 Å². The van der Waals surface area contributed by atoms with E-state index in [-0.39, 0.29) is 0 Å². The molecule has 7 heteroatoms. The van der Waals surface area contributed by atoms with Gasteiger partial charge in [-0.05, 0) is 65.7 Å². The zero-order valence-corrected chi connectivity index (χ0v) is 34.2. The van der Waals surface area contributed by atoms with E-state index in [1.165, 1.54) is 10.8 Å². The summed E-state index contributed by atoms with van der Waals surface area (Å²) in [5, 5.41) is 8.94. The highest BCUT2D eigenvalue weighted by Crippen LogP contribution is 2.45. The number of hydrogen-bond donors (Lipinski definition) is 0. The van der Waals surface area contributed by atoms with Crippen LogP contribution in [0.3, 0.4) is 0 Å². The average molecular weight is 819 g/mol. The highest BCUT2D eigenvalue weighted by atomic mass is 16.3. The van der Waals surface area contributed by atoms with Crippen molar-refractivity contribution in [2.24, 2.45) is 0 Å². The first-order valence-electron chi connectivity index (χ1n) is 21.5. The molecule has 0 spiro atoms. The van der Waals surface area contributed by atoms with Crippen molar-refractivity contribution in [2.45, 2.75) is 0 Å². The standard InChI is InChI=1S/C57H34N6O/c1-8-26-44-35(17-1)36-18-2-9-27-45(36)61(44)50-32-15-24-42(41-25-16-34-52-53(41)43-23-7-14-33-51(43)64-52)54(50)55-58-56(62-46-28-10-3-19-37(46)38-20-4-11-29-47(38)62)60-57(59-55)63-48-30-12-5-21-39(48)40-22-6-13-31-49(40)63/h1-34H. The summed E-state index contributed by atoms with van der Waals surface area (Å²) in [4.78, 5) is 16.8. The Morgan fingerprint density at radius 2 is 0.672 bits per heavy atom. The molecule has 5 heterocycles. The minimum Gasteiger partial charge on any atom is -0.456 e. The van der Waals surface area contributed by atoms with E-state index in [1.807, 2.05) is 12.1 Å². The fourth-order valence-corrected chi connectivity index (χ4v) is 10.3. The van der Waals surface area contributed by atoms with Gasteiger partial charge in [-0.3, -0.25) is 9.13 Å². The molecule has 5 aromatic heterocycles. The Bertz CT molecular complexity index is 3930. The molecule has 7 nitrogen and oxygen atoms in total. The molecule has 298 valence electrons. The molecule has 64 heavy (non-hydrogen) atoms. The van der Waals surface area contributed by atoms with Crippen LogP contribution in [0.25, 0.3) is 127 Å². The minimum absolute atomic E-state index is 0.522. The molecule has 0 aliphatic rings. The first kappa shape index (κ1) is 34.9. The summed E-state index contributed by atoms with van der Waals surface area (Å²) in [7, 11) is 0. The molecule has 14 rings (SSSR count). The molecule has 0 fully saturated rings. The van der Waals surface area contributed by atoms with E-state index < -0.39 is 0 Å². The highest BCUT2D eigenvalue weighted by Gasteiger charge is 2.26. The second-order valence-corrected chi connectivity index (χ2v) is 16.3. The third-order valence-corrected chi connectivity index (χ3v) is 13.0. The molecule has 0 bridgehead atoms. The molecule has 9 aromatic carbocycles. The Balaban J connectivity index is 1.18. The Kier molecular flexibility index (Phi) is 7.27. The lowest BCUT2D eigenvalue weighted by Crippen LogP contribution is -2.11. The number of benzene rings is 9. The normalized spacial score (nSPS) is 12.1. The number of furan rings is 1. The van der Waals surface area contributed by atoms with Crippen molar-refractivity contribution in [1.82, 2.24) is 28.7 Å². The number of para-hydroxylation sites is 7. The minimum atomic E-state index is 0.522. The second-order valence-electron chi connectivity index (χ2n) is 16.3. The predicted molar refractivity (Wildman–Crippen MR) is 261 cm³/mol. The van der Waals surface area contributed by atoms with Crippen LogP contribution in [0.2, 0.25) is 0 Å². The predicted octanol–water partition coefficient (Wildman–Crippen LogP) is 14.4. The molecule has 0 aliphatic carbocycles. The van der Waals surface area contributed by atoms with E-state index >= 15 is 0 Å². The third-order valence-electron chi connectivity index (χ3n) is 13.0. The van der Waals surface area contributed by atoms with Crippen LogP contribution in [-0.4, -0.2) is 28.7 Å². The van der Waals surface area contributed by atoms with Crippen molar-refractivity contribution in [2.75, 3.05) is 0 Å². The molecular weight excluding hydrogens is 785 g/mol. The number of nitrogens with zero attached hydrogens (tertiary/aromatic N) is 6. The van der Waals surface area contributed by atoms with Gasteiger partial charge in [0.15, 0.2) is 5.82 Å². The summed E-state index contributed by atoms with van der Waals surface area (Å²) >= 11 is 0. The van der Waals surface area contributed by atoms with Gasteiger partial charge in [-0.25, -0.2) is 0 Å². The van der Waals surface area contributed by atoms with Gasteiger partial charge in [-0.1, -0.05) is 152 Å². The number of rotatable bonds is 5. The van der Waals surface area contributed by atoms with Crippen LogP contribution in [0.1, 0.15) is 0 Å². The molecular formula is C57H34N6O. The van der Waals surface area contributed by atoms with Gasteiger partial charge in [-0.15, -0.1) is 0 Å². The van der Waals surface area contributed by atoms with Gasteiger partial charge >= 0.3 is 0 Å². The van der Waals surface area contributed by atoms with Crippen LogP contribution < -0.4 is 0 Å². The highest BCUT2D eigenvalue weighted by molar-refractivity contribution is 6.15. The number of aromatic nitrogens is 6. The SMILES string of the molecule is c1cc(-c2cccc3oc4ccccc4c23)c(-c2nc(-n3c4ccccc4c4ccccc43)nc(-n3c4ccccc4c4ccccc43)n2)c(-n2c3ccccc3c3ccccc32)c1. The fourth-order valence-electron chi connectivity index (χ4n) is 10.3. The van der Waals surface area contributed by atoms with Crippen LogP contribution in [0.4, 0.5) is 0 Å². The molecule has 0 atom stereocenters. The molecule has 0 amide bonds. The van der Waals surface area contributed by atoms with Crippen molar-refractivity contribution in [3.05, 3.63) is 206 Å². The Labute approximate surface area is 365 Å². The molecule has 0 saturated heterocycles. The first-order chi connectivity index (χ1) is 31.8. The fraction of sp³-hybridized carbons (Fsp3) is 0. The maximum atomic E-state index is 6.52. The third kappa shape index (κ3) is 4.89. The lowest BCUT2D eigenvalue weighted by atomic mass is 9.93. The summed E-state index contributed by atoms with van der Waals surface area (Å²) in [5.74, 6) is 1.59. The van der Waals surface area contributed by atoms with E-state index in [4.69, 9.17) is 19.4 Å². The van der Waals surface area contributed by atoms with E-state index in [0.29, 0.717) is 17.7 Å². The quantitative estimate of drug-likeness (QED) is 0.173. The van der Waals surface area contributed by atoms with Crippen molar-refractivity contribution < 1.29 is 4.42 Å². The van der Waals surface area contributed by atoms with Gasteiger partial charge in [-0.2, -0.15) is 15.0 Å². The topological polar surface area (TPSA) is 66.6 Å². The molecule has 0 aliphatic heterocycles. The Hall–Kier alpha value is -8.81. The van der Waals surface area contributed by atoms with Crippen molar-refractivity contribution in [1.29, 1.82) is 0 Å². The maximum Gasteiger partial charge on any atom is 0.240 e. The maximum absolute atomic E-state index is 6.52. The first-order valence-corrected chi connectivity index (χ1v) is 21.5. The van der Waals surface area contributed by atoms with Crippen LogP contribution >= 0.6 is 0 Å². The smallest absolute Gasteiger partial charge is 0.240 e. The molecule has 0 radical (unpaired) electrons. The van der Waals surface area contributed by atoms with Gasteiger partial charge in [0, 0.05) is 43.1 Å². The Morgan fingerprint density at radius 1 is 0.297 bits per heavy atom. The molecule has 0 unspecified atom stereocenters. The van der Waals surface area contributed by atoms with Crippen LogP contribution in [0.5, 0.6) is 0 Å². The lowest BCUT2D eigenvalue weighted by Gasteiger charge is -2.19. The van der Waals surface area contributed by atoms with E-state index in [2.05, 4.69) is 208 Å². The van der Waals surface area contributed by atoms with Gasteiger partial charge in [0.05, 0.1) is 44.4 Å². The van der Waals surface area contributed by atoms with Gasteiger partial charge < -0.3 is 8.98 Å². The van der Waals surface area contributed by atoms with Crippen molar-refractivity contribution in [3.63, 3.8) is 0 Å². The summed E-state index contributed by atoms with van der Waals surface area (Å²) in [6.45, 7) is 0. The summed E-state index contributed by atoms with van der Waals surface area (Å²) in [6.07, 6.45) is 0. The number of hydrogen-bond acceptors (Lipinski definition) is 4. The van der Waals surface area contributed by atoms with E-state index in [9.17, 15) is 0 Å². The lowest BCUT2D eigenvalue weighted by molar-refractivity contribution is 0.669. The average Bonchev–Trinajstić information content (AvgIpc) is 4.10. The summed E-state index contributed by atoms with van der Waals surface area (Å²) in [6, 6.07) is 72.5. The van der Waals surface area contributed by atoms with Crippen LogP contribution in [-0.2, 0) is 0 Å². The van der Waals surface area contributed by atoms with E-state index in [1.54, 1.807) is 0 Å². The zero-order valence-electron chi connectivity index (χ0n) is 34.2. The van der Waals surface area contributed by atoms with Crippen molar-refractivity contribution in [3.8, 4) is 40.1 Å².